The van der Waals surface area contributed by atoms with Crippen LogP contribution in [-0.2, 0) is 52.7 Å². The highest BCUT2D eigenvalue weighted by Gasteiger charge is 2.46. The van der Waals surface area contributed by atoms with Crippen molar-refractivity contribution in [2.75, 3.05) is 50.8 Å². The molecule has 0 aliphatic carbocycles. The number of hydrogen-bond donors (Lipinski definition) is 5. The predicted molar refractivity (Wildman–Crippen MR) is 172 cm³/mol. The van der Waals surface area contributed by atoms with Gasteiger partial charge in [0.05, 0.1) is 39.3 Å². The minimum absolute atomic E-state index is 0.0632. The average molecular weight is 655 g/mol. The van der Waals surface area contributed by atoms with E-state index in [0.29, 0.717) is 44.0 Å². The van der Waals surface area contributed by atoms with Crippen molar-refractivity contribution in [2.45, 2.75) is 43.9 Å². The zero-order valence-electron chi connectivity index (χ0n) is 25.9. The number of nitrogens with zero attached hydrogens (tertiary/aromatic N) is 1. The molecule has 2 aromatic rings. The number of rotatable bonds is 17. The van der Waals surface area contributed by atoms with Gasteiger partial charge in [0.2, 0.25) is 23.6 Å². The molecule has 2 fully saturated rings. The third-order valence-corrected chi connectivity index (χ3v) is 9.08. The molecule has 0 aromatic heterocycles. The summed E-state index contributed by atoms with van der Waals surface area (Å²) in [5, 5.41) is 12.4. The number of amides is 4. The minimum atomic E-state index is -1.00. The third kappa shape index (κ3) is 11.5. The molecule has 2 aliphatic rings. The van der Waals surface area contributed by atoms with Crippen molar-refractivity contribution in [1.29, 1.82) is 0 Å². The zero-order chi connectivity index (χ0) is 32.9. The van der Waals surface area contributed by atoms with E-state index in [1.807, 2.05) is 65.7 Å². The van der Waals surface area contributed by atoms with Crippen molar-refractivity contribution in [2.24, 2.45) is 0 Å². The molecule has 0 bridgehead atoms. The second kappa shape index (κ2) is 17.2. The maximum Gasteiger partial charge on any atom is 0.243 e. The molecule has 3 atom stereocenters. The molecule has 2 aromatic carbocycles. The van der Waals surface area contributed by atoms with Gasteiger partial charge in [-0.1, -0.05) is 71.8 Å². The Morgan fingerprint density at radius 1 is 0.826 bits per heavy atom. The standard InChI is InChI=1S/C32H42N6O7S/c1-32(22-45-32)27(39)19-33-31(43)26(18-24-10-6-3-7-11-24)37-28(40)20-34-30(42)25(13-12-23-8-4-2-5-9-23)36-29(41)21-35-38-14-16-46(44)17-15-38/h2-11,25-26,35H,12-22H2,1H3,(H,33,43)(H,34,42)(H,36,41)(H,37,40)/t25?,26?,32-/m1/s1. The topological polar surface area (TPSA) is 184 Å². The van der Waals surface area contributed by atoms with E-state index in [1.165, 1.54) is 0 Å². The Bertz CT molecular complexity index is 1340. The van der Waals surface area contributed by atoms with E-state index in [2.05, 4.69) is 26.7 Å². The smallest absolute Gasteiger partial charge is 0.243 e. The van der Waals surface area contributed by atoms with Crippen molar-refractivity contribution < 1.29 is 33.3 Å². The van der Waals surface area contributed by atoms with Crippen LogP contribution < -0.4 is 26.7 Å². The third-order valence-electron chi connectivity index (χ3n) is 7.81. The van der Waals surface area contributed by atoms with Gasteiger partial charge in [0.1, 0.15) is 29.2 Å². The van der Waals surface area contributed by atoms with Crippen LogP contribution in [0, 0.1) is 0 Å². The molecule has 4 rings (SSSR count). The van der Waals surface area contributed by atoms with Gasteiger partial charge in [0.25, 0.3) is 0 Å². The molecule has 4 amide bonds. The van der Waals surface area contributed by atoms with Crippen LogP contribution in [0.5, 0.6) is 0 Å². The van der Waals surface area contributed by atoms with Crippen molar-refractivity contribution in [3.63, 3.8) is 0 Å². The lowest BCUT2D eigenvalue weighted by Crippen LogP contribution is -2.55. The first-order chi connectivity index (χ1) is 22.1. The van der Waals surface area contributed by atoms with Gasteiger partial charge < -0.3 is 30.6 Å². The van der Waals surface area contributed by atoms with Gasteiger partial charge in [-0.2, -0.15) is 0 Å². The highest BCUT2D eigenvalue weighted by Crippen LogP contribution is 2.26. The number of benzene rings is 2. The quantitative estimate of drug-likeness (QED) is 0.105. The Morgan fingerprint density at radius 3 is 2.00 bits per heavy atom. The molecule has 14 heteroatoms. The van der Waals surface area contributed by atoms with Crippen LogP contribution in [0.4, 0.5) is 0 Å². The summed E-state index contributed by atoms with van der Waals surface area (Å²) in [6.07, 6.45) is 0.977. The number of ether oxygens (including phenoxy) is 1. The second-order valence-corrected chi connectivity index (χ2v) is 13.2. The van der Waals surface area contributed by atoms with E-state index < -0.39 is 59.0 Å². The summed E-state index contributed by atoms with van der Waals surface area (Å²) in [6.45, 7) is 2.34. The Hall–Kier alpha value is -3.82. The highest BCUT2D eigenvalue weighted by molar-refractivity contribution is 7.91. The van der Waals surface area contributed by atoms with E-state index in [1.54, 1.807) is 6.92 Å². The molecule has 13 nitrogen and oxygen atoms in total. The fourth-order valence-electron chi connectivity index (χ4n) is 4.79. The number of hydrogen-bond acceptors (Lipinski definition) is 9. The number of carbonyl (C=O) groups excluding carboxylic acids is 5. The van der Waals surface area contributed by atoms with Gasteiger partial charge in [-0.15, -0.1) is 0 Å². The van der Waals surface area contributed by atoms with Crippen LogP contribution in [0.15, 0.2) is 60.7 Å². The van der Waals surface area contributed by atoms with Crippen LogP contribution in [0.25, 0.3) is 0 Å². The van der Waals surface area contributed by atoms with Crippen molar-refractivity contribution >= 4 is 40.6 Å². The van der Waals surface area contributed by atoms with Crippen molar-refractivity contribution in [3.8, 4) is 0 Å². The lowest BCUT2D eigenvalue weighted by atomic mass is 10.0. The zero-order valence-corrected chi connectivity index (χ0v) is 26.7. The number of carbonyl (C=O) groups is 5. The summed E-state index contributed by atoms with van der Waals surface area (Å²) in [7, 11) is 0. The van der Waals surface area contributed by atoms with Gasteiger partial charge in [-0.05, 0) is 30.9 Å². The number of Topliss-reactive ketones (excluding diaryl/α,β-unsaturated/α-hetero) is 1. The maximum atomic E-state index is 13.2. The van der Waals surface area contributed by atoms with Gasteiger partial charge in [-0.3, -0.25) is 24.0 Å². The summed E-state index contributed by atoms with van der Waals surface area (Å²) in [6, 6.07) is 16.7. The number of aryl methyl sites for hydroxylation is 1. The molecule has 0 radical (unpaired) electrons. The maximum absolute atomic E-state index is 13.2. The van der Waals surface area contributed by atoms with Gasteiger partial charge in [-0.25, -0.2) is 10.4 Å². The van der Waals surface area contributed by atoms with Gasteiger partial charge >= 0.3 is 0 Å². The molecule has 0 spiro atoms. The Kier molecular flexibility index (Phi) is 13.1. The van der Waals surface area contributed by atoms with Crippen LogP contribution in [-0.4, -0.2) is 107 Å². The van der Waals surface area contributed by atoms with Crippen LogP contribution >= 0.6 is 0 Å². The molecule has 2 heterocycles. The van der Waals surface area contributed by atoms with Gasteiger partial charge in [0.15, 0.2) is 5.78 Å². The molecule has 5 N–H and O–H groups in total. The Balaban J connectivity index is 1.32. The number of nitrogens with one attached hydrogen (secondary N) is 5. The number of hydrazine groups is 1. The van der Waals surface area contributed by atoms with E-state index >= 15 is 0 Å². The van der Waals surface area contributed by atoms with E-state index in [-0.39, 0.29) is 25.3 Å². The normalized spacial score (nSPS) is 19.3. The second-order valence-electron chi connectivity index (χ2n) is 11.5. The molecule has 2 saturated heterocycles. The van der Waals surface area contributed by atoms with E-state index in [0.717, 1.165) is 11.1 Å². The fourth-order valence-corrected chi connectivity index (χ4v) is 5.84. The SMILES string of the molecule is C[C@]1(C(=O)CNC(=O)C(Cc2ccccc2)NC(=O)CNC(=O)C(CCc2ccccc2)NC(=O)CNN2CC[S+]([O-])CC2)CO1. The summed E-state index contributed by atoms with van der Waals surface area (Å²) in [5.74, 6) is -1.29. The first-order valence-corrected chi connectivity index (χ1v) is 16.8. The molecule has 2 aliphatic heterocycles. The van der Waals surface area contributed by atoms with E-state index in [4.69, 9.17) is 4.74 Å². The molecule has 2 unspecified atom stereocenters. The number of ketones is 1. The lowest BCUT2D eigenvalue weighted by Gasteiger charge is -2.28. The molecule has 248 valence electrons. The monoisotopic (exact) mass is 654 g/mol. The van der Waals surface area contributed by atoms with E-state index in [9.17, 15) is 28.5 Å². The summed E-state index contributed by atoms with van der Waals surface area (Å²) >= 11 is -0.848. The van der Waals surface area contributed by atoms with Crippen LogP contribution in [0.2, 0.25) is 0 Å². The highest BCUT2D eigenvalue weighted by atomic mass is 32.2. The molecular formula is C32H42N6O7S. The van der Waals surface area contributed by atoms with Crippen molar-refractivity contribution in [3.05, 3.63) is 71.8 Å². The molecule has 0 saturated carbocycles. The fraction of sp³-hybridized carbons (Fsp3) is 0.469. The summed E-state index contributed by atoms with van der Waals surface area (Å²) in [4.78, 5) is 64.3. The van der Waals surface area contributed by atoms with Crippen LogP contribution in [0.3, 0.4) is 0 Å². The molecule has 46 heavy (non-hydrogen) atoms. The summed E-state index contributed by atoms with van der Waals surface area (Å²) in [5.41, 5.74) is 3.92. The Morgan fingerprint density at radius 2 is 1.37 bits per heavy atom. The van der Waals surface area contributed by atoms with Gasteiger partial charge in [0, 0.05) is 6.42 Å². The lowest BCUT2D eigenvalue weighted by molar-refractivity contribution is -0.132. The summed E-state index contributed by atoms with van der Waals surface area (Å²) < 4.78 is 16.7. The number of epoxide rings is 1. The average Bonchev–Trinajstić information content (AvgIpc) is 3.82. The largest absolute Gasteiger partial charge is 0.616 e. The first kappa shape index (κ1) is 35.0. The minimum Gasteiger partial charge on any atom is -0.616 e. The van der Waals surface area contributed by atoms with Crippen LogP contribution in [0.1, 0.15) is 24.5 Å². The molecular weight excluding hydrogens is 612 g/mol. The first-order valence-electron chi connectivity index (χ1n) is 15.3. The predicted octanol–water partition coefficient (Wildman–Crippen LogP) is -1.01. The Labute approximate surface area is 271 Å². The van der Waals surface area contributed by atoms with Crippen molar-refractivity contribution in [1.82, 2.24) is 31.7 Å².